The van der Waals surface area contributed by atoms with Gasteiger partial charge in [-0.2, -0.15) is 0 Å². The molecule has 1 aliphatic rings. The number of aromatic nitrogens is 2. The summed E-state index contributed by atoms with van der Waals surface area (Å²) in [5.41, 5.74) is 1.31. The van der Waals surface area contributed by atoms with Crippen molar-refractivity contribution in [2.45, 2.75) is 49.0 Å². The van der Waals surface area contributed by atoms with Gasteiger partial charge in [-0.3, -0.25) is 0 Å². The first-order valence-electron chi connectivity index (χ1n) is 8.33. The zero-order valence-electron chi connectivity index (χ0n) is 13.1. The van der Waals surface area contributed by atoms with Gasteiger partial charge in [0, 0.05) is 11.7 Å². The largest absolute Gasteiger partial charge is 0.416 e. The molecule has 0 bridgehead atoms. The van der Waals surface area contributed by atoms with E-state index in [1.165, 1.54) is 48.4 Å². The fourth-order valence-electron chi connectivity index (χ4n) is 3.35. The number of hydrogen-bond acceptors (Lipinski definition) is 4. The van der Waals surface area contributed by atoms with Crippen LogP contribution in [0.15, 0.2) is 52.1 Å². The molecule has 4 rings (SSSR count). The molecule has 3 nitrogen and oxygen atoms in total. The molecule has 1 aromatic heterocycles. The number of nitrogens with zero attached hydrogens (tertiary/aromatic N) is 2. The average Bonchev–Trinajstić information content (AvgIpc) is 3.10. The Morgan fingerprint density at radius 3 is 2.70 bits per heavy atom. The Balaban J connectivity index is 1.47. The molecular formula is C19H20N2OS. The Kier molecular flexibility index (Phi) is 4.33. The second-order valence-corrected chi connectivity index (χ2v) is 7.09. The summed E-state index contributed by atoms with van der Waals surface area (Å²) in [5, 5.41) is 11.8. The van der Waals surface area contributed by atoms with Gasteiger partial charge in [0.2, 0.25) is 5.89 Å². The smallest absolute Gasteiger partial charge is 0.276 e. The van der Waals surface area contributed by atoms with Crippen LogP contribution < -0.4 is 0 Å². The third kappa shape index (κ3) is 3.27. The molecule has 0 spiro atoms. The topological polar surface area (TPSA) is 38.9 Å². The highest BCUT2D eigenvalue weighted by Crippen LogP contribution is 2.33. The van der Waals surface area contributed by atoms with E-state index in [-0.39, 0.29) is 0 Å². The molecule has 1 aliphatic carbocycles. The molecule has 0 atom stereocenters. The summed E-state index contributed by atoms with van der Waals surface area (Å²) < 4.78 is 5.90. The zero-order valence-corrected chi connectivity index (χ0v) is 13.9. The van der Waals surface area contributed by atoms with Crippen molar-refractivity contribution in [3.8, 4) is 0 Å². The summed E-state index contributed by atoms with van der Waals surface area (Å²) in [6.07, 6.45) is 6.29. The quantitative estimate of drug-likeness (QED) is 0.589. The molecule has 0 amide bonds. The Morgan fingerprint density at radius 1 is 0.957 bits per heavy atom. The Labute approximate surface area is 140 Å². The van der Waals surface area contributed by atoms with Crippen molar-refractivity contribution in [1.82, 2.24) is 10.2 Å². The van der Waals surface area contributed by atoms with Crippen LogP contribution in [-0.2, 0) is 5.75 Å². The maximum atomic E-state index is 5.90. The first kappa shape index (κ1) is 14.8. The molecular weight excluding hydrogens is 304 g/mol. The molecule has 4 heteroatoms. The highest BCUT2D eigenvalue weighted by atomic mass is 32.2. The first-order valence-corrected chi connectivity index (χ1v) is 9.31. The maximum Gasteiger partial charge on any atom is 0.276 e. The lowest BCUT2D eigenvalue weighted by Gasteiger charge is -2.17. The second-order valence-electron chi connectivity index (χ2n) is 6.17. The van der Waals surface area contributed by atoms with Gasteiger partial charge in [0.1, 0.15) is 0 Å². The monoisotopic (exact) mass is 324 g/mol. The molecule has 2 aromatic carbocycles. The summed E-state index contributed by atoms with van der Waals surface area (Å²) in [5.74, 6) is 2.17. The van der Waals surface area contributed by atoms with Crippen LogP contribution in [0.2, 0.25) is 0 Å². The fourth-order valence-corrected chi connectivity index (χ4v) is 4.12. The Bertz CT molecular complexity index is 787. The first-order chi connectivity index (χ1) is 11.4. The van der Waals surface area contributed by atoms with Gasteiger partial charge in [0.15, 0.2) is 0 Å². The van der Waals surface area contributed by atoms with E-state index in [2.05, 4.69) is 52.7 Å². The molecule has 0 aliphatic heterocycles. The summed E-state index contributed by atoms with van der Waals surface area (Å²) in [6.45, 7) is 0. The minimum Gasteiger partial charge on any atom is -0.416 e. The van der Waals surface area contributed by atoms with E-state index in [9.17, 15) is 0 Å². The van der Waals surface area contributed by atoms with Crippen LogP contribution >= 0.6 is 11.8 Å². The summed E-state index contributed by atoms with van der Waals surface area (Å²) in [4.78, 5) is 0. The van der Waals surface area contributed by atoms with Crippen molar-refractivity contribution in [3.63, 3.8) is 0 Å². The van der Waals surface area contributed by atoms with Gasteiger partial charge in [0.25, 0.3) is 5.22 Å². The van der Waals surface area contributed by atoms with E-state index in [1.54, 1.807) is 11.8 Å². The lowest BCUT2D eigenvalue weighted by Crippen LogP contribution is -2.04. The minimum absolute atomic E-state index is 0.475. The highest BCUT2D eigenvalue weighted by molar-refractivity contribution is 7.98. The van der Waals surface area contributed by atoms with Crippen LogP contribution in [0.25, 0.3) is 10.8 Å². The fraction of sp³-hybridized carbons (Fsp3) is 0.368. The molecule has 118 valence electrons. The number of rotatable bonds is 4. The van der Waals surface area contributed by atoms with E-state index < -0.39 is 0 Å². The molecule has 0 saturated heterocycles. The van der Waals surface area contributed by atoms with Crippen LogP contribution in [-0.4, -0.2) is 10.2 Å². The maximum absolute atomic E-state index is 5.90. The van der Waals surface area contributed by atoms with Crippen LogP contribution in [0.5, 0.6) is 0 Å². The molecule has 1 fully saturated rings. The third-order valence-electron chi connectivity index (χ3n) is 4.61. The summed E-state index contributed by atoms with van der Waals surface area (Å²) in [6, 6.07) is 14.9. The van der Waals surface area contributed by atoms with Crippen molar-refractivity contribution in [2.24, 2.45) is 0 Å². The van der Waals surface area contributed by atoms with Gasteiger partial charge in [-0.05, 0) is 29.2 Å². The lowest BCUT2D eigenvalue weighted by molar-refractivity contribution is 0.334. The van der Waals surface area contributed by atoms with Gasteiger partial charge in [0.05, 0.1) is 0 Å². The second kappa shape index (κ2) is 6.75. The average molecular weight is 324 g/mol. The highest BCUT2D eigenvalue weighted by Gasteiger charge is 2.21. The van der Waals surface area contributed by atoms with E-state index in [0.29, 0.717) is 11.1 Å². The predicted octanol–water partition coefficient (Wildman–Crippen LogP) is 5.56. The van der Waals surface area contributed by atoms with Crippen molar-refractivity contribution >= 4 is 22.5 Å². The Hall–Kier alpha value is -1.81. The van der Waals surface area contributed by atoms with Gasteiger partial charge in [-0.1, -0.05) is 73.5 Å². The summed E-state index contributed by atoms with van der Waals surface area (Å²) >= 11 is 1.63. The zero-order chi connectivity index (χ0) is 15.5. The van der Waals surface area contributed by atoms with Crippen LogP contribution in [0.3, 0.4) is 0 Å². The van der Waals surface area contributed by atoms with Gasteiger partial charge < -0.3 is 4.42 Å². The SMILES string of the molecule is c1ccc2c(CSc3nnc(C4CCCCC4)o3)cccc2c1. The molecule has 0 radical (unpaired) electrons. The number of fused-ring (bicyclic) bond motifs is 1. The molecule has 0 N–H and O–H groups in total. The van der Waals surface area contributed by atoms with Gasteiger partial charge >= 0.3 is 0 Å². The molecule has 1 saturated carbocycles. The van der Waals surface area contributed by atoms with E-state index in [0.717, 1.165) is 11.6 Å². The van der Waals surface area contributed by atoms with Crippen molar-refractivity contribution in [1.29, 1.82) is 0 Å². The van der Waals surface area contributed by atoms with Crippen LogP contribution in [0.4, 0.5) is 0 Å². The van der Waals surface area contributed by atoms with E-state index in [1.807, 2.05) is 0 Å². The predicted molar refractivity (Wildman–Crippen MR) is 93.6 cm³/mol. The van der Waals surface area contributed by atoms with Crippen molar-refractivity contribution < 1.29 is 4.42 Å². The van der Waals surface area contributed by atoms with Gasteiger partial charge in [-0.25, -0.2) is 0 Å². The Morgan fingerprint density at radius 2 is 1.78 bits per heavy atom. The van der Waals surface area contributed by atoms with Crippen molar-refractivity contribution in [3.05, 3.63) is 53.9 Å². The number of benzene rings is 2. The number of thioether (sulfide) groups is 1. The molecule has 0 unspecified atom stereocenters. The lowest BCUT2D eigenvalue weighted by atomic mass is 9.89. The van der Waals surface area contributed by atoms with Gasteiger partial charge in [-0.15, -0.1) is 10.2 Å². The molecule has 3 aromatic rings. The van der Waals surface area contributed by atoms with E-state index in [4.69, 9.17) is 4.42 Å². The normalized spacial score (nSPS) is 16.0. The number of hydrogen-bond donors (Lipinski definition) is 0. The van der Waals surface area contributed by atoms with Crippen LogP contribution in [0.1, 0.15) is 49.5 Å². The standard InChI is InChI=1S/C19H20N2OS/c1-2-8-15(9-3-1)18-20-21-19(22-18)23-13-16-11-6-10-14-7-4-5-12-17(14)16/h4-7,10-12,15H,1-3,8-9,13H2. The summed E-state index contributed by atoms with van der Waals surface area (Å²) in [7, 11) is 0. The minimum atomic E-state index is 0.475. The van der Waals surface area contributed by atoms with E-state index >= 15 is 0 Å². The third-order valence-corrected chi connectivity index (χ3v) is 5.47. The molecule has 1 heterocycles. The van der Waals surface area contributed by atoms with Crippen molar-refractivity contribution in [2.75, 3.05) is 0 Å². The van der Waals surface area contributed by atoms with Crippen LogP contribution in [0, 0.1) is 0 Å². The molecule has 23 heavy (non-hydrogen) atoms.